The van der Waals surface area contributed by atoms with Gasteiger partial charge in [-0.1, -0.05) is 6.07 Å². The molecule has 1 aromatic heterocycles. The third kappa shape index (κ3) is 5.15. The van der Waals surface area contributed by atoms with Gasteiger partial charge in [0.15, 0.2) is 0 Å². The van der Waals surface area contributed by atoms with E-state index in [0.29, 0.717) is 29.1 Å². The van der Waals surface area contributed by atoms with Gasteiger partial charge in [0.05, 0.1) is 9.80 Å². The molecule has 33 heavy (non-hydrogen) atoms. The number of carbonyl (C=O) groups is 3. The van der Waals surface area contributed by atoms with Crippen molar-refractivity contribution in [1.29, 1.82) is 0 Å². The van der Waals surface area contributed by atoms with Gasteiger partial charge in [0.1, 0.15) is 0 Å². The minimum atomic E-state index is -3.54. The number of aromatic nitrogens is 1. The zero-order valence-corrected chi connectivity index (χ0v) is 19.3. The van der Waals surface area contributed by atoms with Crippen molar-refractivity contribution >= 4 is 44.9 Å². The van der Waals surface area contributed by atoms with E-state index >= 15 is 0 Å². The van der Waals surface area contributed by atoms with Gasteiger partial charge in [-0.15, -0.1) is 0 Å². The predicted octanol–water partition coefficient (Wildman–Crippen LogP) is 2.33. The molecule has 3 heterocycles. The lowest BCUT2D eigenvalue weighted by Crippen LogP contribution is -2.37. The van der Waals surface area contributed by atoms with Crippen LogP contribution in [0, 0.1) is 0 Å². The van der Waals surface area contributed by atoms with E-state index < -0.39 is 27.1 Å². The molecule has 2 fully saturated rings. The van der Waals surface area contributed by atoms with E-state index in [-0.39, 0.29) is 18.0 Å². The van der Waals surface area contributed by atoms with Crippen LogP contribution in [0.5, 0.6) is 0 Å². The molecule has 11 heteroatoms. The maximum Gasteiger partial charge on any atom is 0.293 e. The molecule has 9 nitrogen and oxygen atoms in total. The largest absolute Gasteiger partial charge is 0.350 e. The summed E-state index contributed by atoms with van der Waals surface area (Å²) in [6.45, 7) is 1.12. The van der Waals surface area contributed by atoms with Crippen LogP contribution in [-0.2, 0) is 14.8 Å². The van der Waals surface area contributed by atoms with E-state index in [0.717, 1.165) is 29.5 Å². The smallest absolute Gasteiger partial charge is 0.293 e. The Labute approximate surface area is 195 Å². The van der Waals surface area contributed by atoms with Gasteiger partial charge in [0, 0.05) is 44.1 Å². The fourth-order valence-corrected chi connectivity index (χ4v) is 5.93. The number of benzene rings is 1. The molecular formula is C22H22N4O5S2. The van der Waals surface area contributed by atoms with E-state index in [2.05, 4.69) is 10.3 Å². The van der Waals surface area contributed by atoms with Crippen LogP contribution in [0.4, 0.5) is 4.79 Å². The third-order valence-corrected chi connectivity index (χ3v) is 8.12. The monoisotopic (exact) mass is 486 g/mol. The molecule has 2 saturated heterocycles. The van der Waals surface area contributed by atoms with Gasteiger partial charge in [-0.3, -0.25) is 24.3 Å². The first-order valence-corrected chi connectivity index (χ1v) is 12.7. The van der Waals surface area contributed by atoms with Crippen molar-refractivity contribution in [3.05, 3.63) is 64.8 Å². The van der Waals surface area contributed by atoms with Gasteiger partial charge < -0.3 is 5.32 Å². The highest BCUT2D eigenvalue weighted by Gasteiger charge is 2.34. The third-order valence-electron chi connectivity index (χ3n) is 5.30. The van der Waals surface area contributed by atoms with Crippen LogP contribution in [0.1, 0.15) is 28.8 Å². The summed E-state index contributed by atoms with van der Waals surface area (Å²) >= 11 is 0.843. The number of amides is 3. The highest BCUT2D eigenvalue weighted by molar-refractivity contribution is 8.18. The number of carbonyl (C=O) groups excluding carboxylic acids is 3. The van der Waals surface area contributed by atoms with Crippen LogP contribution in [0.15, 0.2) is 58.6 Å². The molecule has 0 aliphatic carbocycles. The lowest BCUT2D eigenvalue weighted by molar-refractivity contribution is -0.122. The molecule has 0 spiro atoms. The summed E-state index contributed by atoms with van der Waals surface area (Å²) in [5.41, 5.74) is 1.01. The Balaban J connectivity index is 1.32. The van der Waals surface area contributed by atoms with E-state index in [1.165, 1.54) is 28.6 Å². The molecule has 2 aliphatic rings. The highest BCUT2D eigenvalue weighted by Crippen LogP contribution is 2.31. The number of pyridine rings is 1. The van der Waals surface area contributed by atoms with Crippen molar-refractivity contribution in [1.82, 2.24) is 19.5 Å². The van der Waals surface area contributed by atoms with Crippen molar-refractivity contribution in [2.24, 2.45) is 0 Å². The Bertz CT molecular complexity index is 1190. The predicted molar refractivity (Wildman–Crippen MR) is 124 cm³/mol. The van der Waals surface area contributed by atoms with Crippen LogP contribution in [0.3, 0.4) is 0 Å². The first-order valence-electron chi connectivity index (χ1n) is 10.4. The molecule has 2 aromatic rings. The first kappa shape index (κ1) is 23.1. The van der Waals surface area contributed by atoms with E-state index in [1.54, 1.807) is 30.6 Å². The number of rotatable bonds is 7. The number of imide groups is 1. The first-order chi connectivity index (χ1) is 15.9. The zero-order valence-electron chi connectivity index (χ0n) is 17.6. The van der Waals surface area contributed by atoms with E-state index in [1.807, 2.05) is 0 Å². The molecule has 1 aromatic carbocycles. The SMILES string of the molecule is O=C(NCCN1C(=O)S/C(=C\c2cccnc2)C1=O)c1ccc(S(=O)(=O)N2CCCC2)cc1. The van der Waals surface area contributed by atoms with Crippen molar-refractivity contribution in [3.8, 4) is 0 Å². The number of thioether (sulfide) groups is 1. The Hall–Kier alpha value is -3.02. The van der Waals surface area contributed by atoms with Crippen LogP contribution >= 0.6 is 11.8 Å². The zero-order chi connectivity index (χ0) is 23.4. The van der Waals surface area contributed by atoms with Gasteiger partial charge in [-0.25, -0.2) is 8.42 Å². The Kier molecular flexibility index (Phi) is 6.91. The number of nitrogens with one attached hydrogen (secondary N) is 1. The lowest BCUT2D eigenvalue weighted by Gasteiger charge is -2.16. The second kappa shape index (κ2) is 9.86. The second-order valence-electron chi connectivity index (χ2n) is 7.51. The van der Waals surface area contributed by atoms with Crippen LogP contribution in [0.25, 0.3) is 6.08 Å². The topological polar surface area (TPSA) is 117 Å². The normalized spacial score (nSPS) is 18.3. The molecule has 0 bridgehead atoms. The van der Waals surface area contributed by atoms with E-state index in [4.69, 9.17) is 0 Å². The summed E-state index contributed by atoms with van der Waals surface area (Å²) in [7, 11) is -3.54. The average Bonchev–Trinajstić information content (AvgIpc) is 3.45. The van der Waals surface area contributed by atoms with E-state index in [9.17, 15) is 22.8 Å². The van der Waals surface area contributed by atoms with Gasteiger partial charge in [0.25, 0.3) is 17.1 Å². The van der Waals surface area contributed by atoms with Crippen LogP contribution in [0.2, 0.25) is 0 Å². The standard InChI is InChI=1S/C22H22N4O5S2/c27-20(17-5-7-18(8-6-17)33(30,31)25-11-1-2-12-25)24-10-13-26-21(28)19(32-22(26)29)14-16-4-3-9-23-15-16/h3-9,14-15H,1-2,10-13H2,(H,24,27)/b19-14-. The van der Waals surface area contributed by atoms with Crippen molar-refractivity contribution in [3.63, 3.8) is 0 Å². The van der Waals surface area contributed by atoms with Crippen LogP contribution in [-0.4, -0.2) is 65.8 Å². The Morgan fingerprint density at radius 2 is 1.85 bits per heavy atom. The van der Waals surface area contributed by atoms with Crippen LogP contribution < -0.4 is 5.32 Å². The molecule has 0 unspecified atom stereocenters. The molecule has 0 saturated carbocycles. The lowest BCUT2D eigenvalue weighted by atomic mass is 10.2. The van der Waals surface area contributed by atoms with Crippen molar-refractivity contribution in [2.45, 2.75) is 17.7 Å². The van der Waals surface area contributed by atoms with Gasteiger partial charge in [-0.2, -0.15) is 4.31 Å². The minimum Gasteiger partial charge on any atom is -0.350 e. The average molecular weight is 487 g/mol. The van der Waals surface area contributed by atoms with Crippen molar-refractivity contribution < 1.29 is 22.8 Å². The number of hydrogen-bond acceptors (Lipinski definition) is 7. The van der Waals surface area contributed by atoms with Gasteiger partial charge >= 0.3 is 0 Å². The Morgan fingerprint density at radius 3 is 2.52 bits per heavy atom. The number of nitrogens with zero attached hydrogens (tertiary/aromatic N) is 3. The molecule has 1 N–H and O–H groups in total. The minimum absolute atomic E-state index is 0.0300. The van der Waals surface area contributed by atoms with Gasteiger partial charge in [-0.05, 0) is 66.6 Å². The summed E-state index contributed by atoms with van der Waals surface area (Å²) in [6.07, 6.45) is 6.51. The number of sulfonamides is 1. The molecule has 172 valence electrons. The molecule has 0 radical (unpaired) electrons. The summed E-state index contributed by atoms with van der Waals surface area (Å²) in [5, 5.41) is 2.26. The summed E-state index contributed by atoms with van der Waals surface area (Å²) < 4.78 is 26.6. The highest BCUT2D eigenvalue weighted by atomic mass is 32.2. The van der Waals surface area contributed by atoms with Crippen molar-refractivity contribution in [2.75, 3.05) is 26.2 Å². The molecule has 0 atom stereocenters. The fourth-order valence-electron chi connectivity index (χ4n) is 3.54. The molecule has 3 amide bonds. The second-order valence-corrected chi connectivity index (χ2v) is 10.4. The maximum absolute atomic E-state index is 12.6. The Morgan fingerprint density at radius 1 is 1.12 bits per heavy atom. The quantitative estimate of drug-likeness (QED) is 0.597. The molecular weight excluding hydrogens is 464 g/mol. The fraction of sp³-hybridized carbons (Fsp3) is 0.273. The number of hydrogen-bond donors (Lipinski definition) is 1. The maximum atomic E-state index is 12.6. The van der Waals surface area contributed by atoms with Gasteiger partial charge in [0.2, 0.25) is 10.0 Å². The summed E-state index contributed by atoms with van der Waals surface area (Å²) in [4.78, 5) is 42.7. The summed E-state index contributed by atoms with van der Waals surface area (Å²) in [6, 6.07) is 9.26. The molecule has 2 aliphatic heterocycles. The summed E-state index contributed by atoms with van der Waals surface area (Å²) in [5.74, 6) is -0.836. The molecule has 4 rings (SSSR count).